The van der Waals surface area contributed by atoms with E-state index in [1.165, 1.54) is 94.2 Å². The summed E-state index contributed by atoms with van der Waals surface area (Å²) in [7, 11) is 0. The molecule has 1 heterocycles. The number of nitrogens with zero attached hydrogens (tertiary/aromatic N) is 3. The zero-order valence-electron chi connectivity index (χ0n) is 38.7. The molecule has 0 aliphatic carbocycles. The van der Waals surface area contributed by atoms with Gasteiger partial charge in [0, 0.05) is 18.2 Å². The molecular formula is C48H69N9O9. The third-order valence-electron chi connectivity index (χ3n) is 10.4. The topological polar surface area (TPSA) is 250 Å². The molecule has 0 aliphatic heterocycles. The van der Waals surface area contributed by atoms with Gasteiger partial charge in [0.15, 0.2) is 0 Å². The molecule has 360 valence electrons. The second kappa shape index (κ2) is 29.7. The second-order valence-electron chi connectivity index (χ2n) is 15.9. The van der Waals surface area contributed by atoms with Crippen LogP contribution in [-0.4, -0.2) is 67.8 Å². The standard InChI is InChI=1S/C48H69N9O9/c1-4-7-10-13-16-19-28-64-34-22-25-37(40(58)31-34)43(61)52-55-46-49-47(56-53-44(62)38-26-23-35(32-41(38)59)65-29-20-17-14-11-8-5-2)51-48(50-46)57-54-45(63)39-27-24-36(33-42(39)60)66-30-21-18-15-12-9-6-3/h22-27,31-33,58-60H,4-21,28-30H2,1-3H3,(H,52,61)(H,53,62)(H,54,63)(H3,49,50,51,55,56,57). The molecule has 3 aromatic carbocycles. The van der Waals surface area contributed by atoms with Crippen LogP contribution in [0.3, 0.4) is 0 Å². The van der Waals surface area contributed by atoms with Crippen molar-refractivity contribution in [2.24, 2.45) is 0 Å². The fourth-order valence-electron chi connectivity index (χ4n) is 6.68. The van der Waals surface area contributed by atoms with Gasteiger partial charge in [-0.05, 0) is 55.7 Å². The molecule has 0 saturated heterocycles. The number of benzene rings is 3. The number of ether oxygens (including phenoxy) is 3. The highest BCUT2D eigenvalue weighted by molar-refractivity contribution is 5.99. The van der Waals surface area contributed by atoms with Crippen molar-refractivity contribution < 1.29 is 43.9 Å². The molecule has 18 heteroatoms. The average molecular weight is 916 g/mol. The summed E-state index contributed by atoms with van der Waals surface area (Å²) in [5.41, 5.74) is 14.7. The normalized spacial score (nSPS) is 10.8. The lowest BCUT2D eigenvalue weighted by molar-refractivity contribution is 0.0951. The van der Waals surface area contributed by atoms with E-state index in [1.54, 1.807) is 18.2 Å². The Morgan fingerprint density at radius 1 is 0.409 bits per heavy atom. The minimum absolute atomic E-state index is 0.0723. The molecule has 0 radical (unpaired) electrons. The van der Waals surface area contributed by atoms with Crippen molar-refractivity contribution in [1.29, 1.82) is 0 Å². The van der Waals surface area contributed by atoms with Crippen LogP contribution in [0.5, 0.6) is 34.5 Å². The Bertz CT molecular complexity index is 1860. The van der Waals surface area contributed by atoms with E-state index < -0.39 is 17.7 Å². The molecule has 0 atom stereocenters. The highest BCUT2D eigenvalue weighted by atomic mass is 16.5. The number of anilines is 3. The minimum atomic E-state index is -0.745. The van der Waals surface area contributed by atoms with Crippen molar-refractivity contribution in [2.45, 2.75) is 136 Å². The van der Waals surface area contributed by atoms with Gasteiger partial charge in [-0.15, -0.1) is 0 Å². The van der Waals surface area contributed by atoms with Crippen LogP contribution in [0.25, 0.3) is 0 Å². The number of rotatable bonds is 33. The first-order valence-corrected chi connectivity index (χ1v) is 23.4. The number of hydrogen-bond acceptors (Lipinski definition) is 15. The highest BCUT2D eigenvalue weighted by Gasteiger charge is 2.18. The zero-order chi connectivity index (χ0) is 47.4. The number of unbranched alkanes of at least 4 members (excludes halogenated alkanes) is 15. The molecule has 0 aliphatic rings. The number of carbonyl (C=O) groups excluding carboxylic acids is 3. The number of phenols is 3. The van der Waals surface area contributed by atoms with Gasteiger partial charge in [-0.1, -0.05) is 117 Å². The van der Waals surface area contributed by atoms with Crippen LogP contribution in [-0.2, 0) is 0 Å². The van der Waals surface area contributed by atoms with Crippen LogP contribution in [0.2, 0.25) is 0 Å². The van der Waals surface area contributed by atoms with Crippen molar-refractivity contribution in [3.05, 3.63) is 71.3 Å². The Balaban J connectivity index is 1.39. The van der Waals surface area contributed by atoms with Crippen LogP contribution < -0.4 is 46.8 Å². The van der Waals surface area contributed by atoms with E-state index in [0.717, 1.165) is 57.8 Å². The fourth-order valence-corrected chi connectivity index (χ4v) is 6.68. The summed E-state index contributed by atoms with van der Waals surface area (Å²) >= 11 is 0. The van der Waals surface area contributed by atoms with E-state index in [0.29, 0.717) is 37.1 Å². The first-order chi connectivity index (χ1) is 32.1. The SMILES string of the molecule is CCCCCCCCOc1ccc(C(=O)NNc2nc(NNC(=O)c3ccc(OCCCCCCCC)cc3O)nc(NNC(=O)c3ccc(OCCCCCCCC)cc3O)n2)c(O)c1. The highest BCUT2D eigenvalue weighted by Crippen LogP contribution is 2.27. The van der Waals surface area contributed by atoms with Gasteiger partial charge in [-0.2, -0.15) is 15.0 Å². The molecule has 0 fully saturated rings. The number of nitrogens with one attached hydrogen (secondary N) is 6. The molecule has 0 saturated carbocycles. The summed E-state index contributed by atoms with van der Waals surface area (Å²) in [5.74, 6) is -2.74. The molecule has 0 spiro atoms. The van der Waals surface area contributed by atoms with E-state index >= 15 is 0 Å². The maximum absolute atomic E-state index is 13.1. The van der Waals surface area contributed by atoms with Gasteiger partial charge < -0.3 is 29.5 Å². The van der Waals surface area contributed by atoms with E-state index in [2.05, 4.69) is 68.3 Å². The number of hydrazine groups is 3. The molecule has 1 aromatic heterocycles. The fraction of sp³-hybridized carbons (Fsp3) is 0.500. The molecule has 9 N–H and O–H groups in total. The third-order valence-corrected chi connectivity index (χ3v) is 10.4. The monoisotopic (exact) mass is 916 g/mol. The van der Waals surface area contributed by atoms with Gasteiger partial charge in [0.25, 0.3) is 17.7 Å². The first kappa shape index (κ1) is 51.9. The van der Waals surface area contributed by atoms with Crippen molar-refractivity contribution in [2.75, 3.05) is 36.1 Å². The lowest BCUT2D eigenvalue weighted by atomic mass is 10.1. The van der Waals surface area contributed by atoms with E-state index in [4.69, 9.17) is 14.2 Å². The van der Waals surface area contributed by atoms with Crippen molar-refractivity contribution in [3.8, 4) is 34.5 Å². The quantitative estimate of drug-likeness (QED) is 0.0159. The van der Waals surface area contributed by atoms with Crippen molar-refractivity contribution in [1.82, 2.24) is 31.2 Å². The zero-order valence-corrected chi connectivity index (χ0v) is 38.7. The molecular weight excluding hydrogens is 847 g/mol. The molecule has 0 bridgehead atoms. The number of amides is 3. The third kappa shape index (κ3) is 18.8. The predicted molar refractivity (Wildman–Crippen MR) is 254 cm³/mol. The van der Waals surface area contributed by atoms with Crippen molar-refractivity contribution >= 4 is 35.6 Å². The Hall–Kier alpha value is -6.72. The van der Waals surface area contributed by atoms with Gasteiger partial charge in [-0.25, -0.2) is 0 Å². The average Bonchev–Trinajstić information content (AvgIpc) is 3.31. The van der Waals surface area contributed by atoms with E-state index in [9.17, 15) is 29.7 Å². The Morgan fingerprint density at radius 2 is 0.667 bits per heavy atom. The van der Waals surface area contributed by atoms with Gasteiger partial charge in [-0.3, -0.25) is 46.9 Å². The van der Waals surface area contributed by atoms with Gasteiger partial charge >= 0.3 is 0 Å². The van der Waals surface area contributed by atoms with Crippen LogP contribution in [0, 0.1) is 0 Å². The summed E-state index contributed by atoms with van der Waals surface area (Å²) in [6.07, 6.45) is 19.9. The van der Waals surface area contributed by atoms with E-state index in [1.807, 2.05) is 0 Å². The smallest absolute Gasteiger partial charge is 0.273 e. The molecule has 18 nitrogen and oxygen atoms in total. The van der Waals surface area contributed by atoms with E-state index in [-0.39, 0.29) is 51.8 Å². The Kier molecular flexibility index (Phi) is 23.3. The summed E-state index contributed by atoms with van der Waals surface area (Å²) in [5, 5.41) is 32.0. The summed E-state index contributed by atoms with van der Waals surface area (Å²) in [6.45, 7) is 7.96. The summed E-state index contributed by atoms with van der Waals surface area (Å²) in [4.78, 5) is 52.0. The molecule has 4 rings (SSSR count). The summed E-state index contributed by atoms with van der Waals surface area (Å²) in [6, 6.07) is 13.0. The molecule has 3 amide bonds. The van der Waals surface area contributed by atoms with Crippen LogP contribution in [0.1, 0.15) is 167 Å². The van der Waals surface area contributed by atoms with Gasteiger partial charge in [0.05, 0.1) is 36.5 Å². The Morgan fingerprint density at radius 3 is 0.924 bits per heavy atom. The molecule has 66 heavy (non-hydrogen) atoms. The number of aromatic nitrogens is 3. The number of aromatic hydroxyl groups is 3. The lowest BCUT2D eigenvalue weighted by Gasteiger charge is -2.14. The molecule has 0 unspecified atom stereocenters. The minimum Gasteiger partial charge on any atom is -0.507 e. The van der Waals surface area contributed by atoms with Crippen LogP contribution in [0.4, 0.5) is 17.8 Å². The summed E-state index contributed by atoms with van der Waals surface area (Å²) < 4.78 is 17.3. The first-order valence-electron chi connectivity index (χ1n) is 23.4. The van der Waals surface area contributed by atoms with Gasteiger partial charge in [0.2, 0.25) is 17.8 Å². The number of carbonyl (C=O) groups is 3. The number of hydrogen-bond donors (Lipinski definition) is 9. The van der Waals surface area contributed by atoms with Gasteiger partial charge in [0.1, 0.15) is 34.5 Å². The van der Waals surface area contributed by atoms with Crippen LogP contribution >= 0.6 is 0 Å². The second-order valence-corrected chi connectivity index (χ2v) is 15.9. The lowest BCUT2D eigenvalue weighted by Crippen LogP contribution is -2.34. The Labute approximate surface area is 388 Å². The molecule has 4 aromatic rings. The van der Waals surface area contributed by atoms with Crippen LogP contribution in [0.15, 0.2) is 54.6 Å². The maximum atomic E-state index is 13.1. The maximum Gasteiger partial charge on any atom is 0.273 e. The number of phenolic OH excluding ortho intramolecular Hbond substituents is 3. The predicted octanol–water partition coefficient (Wildman–Crippen LogP) is 9.48. The van der Waals surface area contributed by atoms with Crippen molar-refractivity contribution in [3.63, 3.8) is 0 Å². The largest absolute Gasteiger partial charge is 0.507 e.